The van der Waals surface area contributed by atoms with Crippen LogP contribution in [0.15, 0.2) is 237 Å². The first-order valence-electron chi connectivity index (χ1n) is 19.3. The third-order valence-electron chi connectivity index (χ3n) is 11.4. The number of rotatable bonds is 7. The molecule has 0 amide bonds. The molecule has 9 aromatic carbocycles. The van der Waals surface area contributed by atoms with E-state index in [1.54, 1.807) is 0 Å². The van der Waals surface area contributed by atoms with Crippen molar-refractivity contribution >= 4 is 17.1 Å². The molecule has 1 aliphatic rings. The smallest absolute Gasteiger partial charge is 0.0714 e. The fourth-order valence-electron chi connectivity index (χ4n) is 8.86. The normalized spacial score (nSPS) is 12.4. The summed E-state index contributed by atoms with van der Waals surface area (Å²) < 4.78 is 0. The molecule has 1 nitrogen and oxygen atoms in total. The van der Waals surface area contributed by atoms with Crippen LogP contribution in [0.5, 0.6) is 0 Å². The van der Waals surface area contributed by atoms with Crippen molar-refractivity contribution in [2.45, 2.75) is 5.41 Å². The van der Waals surface area contributed by atoms with Crippen LogP contribution in [-0.4, -0.2) is 0 Å². The maximum Gasteiger partial charge on any atom is 0.0714 e. The molecule has 0 heterocycles. The average molecular weight is 714 g/mol. The lowest BCUT2D eigenvalue weighted by atomic mass is 9.63. The molecule has 0 spiro atoms. The Kier molecular flexibility index (Phi) is 8.46. The number of fused-ring (bicyclic) bond motifs is 5. The molecule has 0 N–H and O–H groups in total. The predicted octanol–water partition coefficient (Wildman–Crippen LogP) is 14.5. The van der Waals surface area contributed by atoms with Gasteiger partial charge in [0.05, 0.1) is 5.41 Å². The SMILES string of the molecule is c1ccc(-c2ccc(N(c3ccc(-c4ccccc4)cc3)c3cccc(C4(c5ccccc5)c5ccccc5-c5ccccc5-c5ccccc54)c3)cc2)cc1. The summed E-state index contributed by atoms with van der Waals surface area (Å²) >= 11 is 0. The van der Waals surface area contributed by atoms with E-state index in [-0.39, 0.29) is 0 Å². The number of hydrogen-bond acceptors (Lipinski definition) is 1. The summed E-state index contributed by atoms with van der Waals surface area (Å²) in [6, 6.07) is 86.4. The van der Waals surface area contributed by atoms with E-state index in [1.165, 1.54) is 66.8 Å². The zero-order valence-corrected chi connectivity index (χ0v) is 31.0. The van der Waals surface area contributed by atoms with Crippen molar-refractivity contribution in [2.24, 2.45) is 0 Å². The highest BCUT2D eigenvalue weighted by molar-refractivity contribution is 5.93. The molecule has 10 rings (SSSR count). The average Bonchev–Trinajstić information content (AvgIpc) is 3.39. The van der Waals surface area contributed by atoms with Gasteiger partial charge in [0.25, 0.3) is 0 Å². The highest BCUT2D eigenvalue weighted by Gasteiger charge is 2.43. The Balaban J connectivity index is 1.21. The molecule has 264 valence electrons. The maximum atomic E-state index is 2.42. The van der Waals surface area contributed by atoms with Crippen molar-refractivity contribution in [1.29, 1.82) is 0 Å². The van der Waals surface area contributed by atoms with Crippen molar-refractivity contribution in [3.05, 3.63) is 259 Å². The first-order chi connectivity index (χ1) is 27.8. The quantitative estimate of drug-likeness (QED) is 0.159. The third kappa shape index (κ3) is 5.65. The number of benzene rings is 9. The van der Waals surface area contributed by atoms with Crippen LogP contribution in [-0.2, 0) is 5.41 Å². The largest absolute Gasteiger partial charge is 0.310 e. The Hall–Kier alpha value is -7.22. The molecule has 0 aromatic heterocycles. The molecule has 0 unspecified atom stereocenters. The van der Waals surface area contributed by atoms with Crippen molar-refractivity contribution in [3.63, 3.8) is 0 Å². The second-order valence-corrected chi connectivity index (χ2v) is 14.5. The molecule has 0 aliphatic heterocycles. The van der Waals surface area contributed by atoms with E-state index in [9.17, 15) is 0 Å². The van der Waals surface area contributed by atoms with Crippen LogP contribution in [0.25, 0.3) is 44.5 Å². The molecule has 0 radical (unpaired) electrons. The van der Waals surface area contributed by atoms with Crippen molar-refractivity contribution in [3.8, 4) is 44.5 Å². The molecular weight excluding hydrogens is 675 g/mol. The van der Waals surface area contributed by atoms with E-state index >= 15 is 0 Å². The number of hydrogen-bond donors (Lipinski definition) is 0. The predicted molar refractivity (Wildman–Crippen MR) is 235 cm³/mol. The Bertz CT molecular complexity index is 2620. The van der Waals surface area contributed by atoms with Gasteiger partial charge in [0.1, 0.15) is 0 Å². The minimum Gasteiger partial charge on any atom is -0.310 e. The van der Waals surface area contributed by atoms with Crippen LogP contribution in [0.3, 0.4) is 0 Å². The van der Waals surface area contributed by atoms with E-state index in [2.05, 4.69) is 241 Å². The van der Waals surface area contributed by atoms with Gasteiger partial charge >= 0.3 is 0 Å². The molecular formula is C55H39N. The third-order valence-corrected chi connectivity index (χ3v) is 11.4. The second kappa shape index (κ2) is 14.2. The standard InChI is InChI=1S/C55H39N/c1-4-17-40(18-5-1)42-31-35-46(36-32-42)56(47-37-33-43(34-38-47)41-19-6-2-7-20-41)48-24-16-23-45(39-48)55(44-21-8-3-9-22-44)53-29-14-12-27-51(53)49-25-10-11-26-50(49)52-28-13-15-30-54(52)55/h1-39H. The van der Waals surface area contributed by atoms with Gasteiger partial charge < -0.3 is 4.90 Å². The summed E-state index contributed by atoms with van der Waals surface area (Å²) in [6.45, 7) is 0. The van der Waals surface area contributed by atoms with Crippen LogP contribution in [0.4, 0.5) is 17.1 Å². The molecule has 0 fully saturated rings. The van der Waals surface area contributed by atoms with Crippen LogP contribution < -0.4 is 4.90 Å². The van der Waals surface area contributed by atoms with Gasteiger partial charge in [0, 0.05) is 17.1 Å². The van der Waals surface area contributed by atoms with Gasteiger partial charge in [-0.3, -0.25) is 0 Å². The number of nitrogens with zero attached hydrogens (tertiary/aromatic N) is 1. The fraction of sp³-hybridized carbons (Fsp3) is 0.0182. The molecule has 1 heteroatoms. The monoisotopic (exact) mass is 713 g/mol. The van der Waals surface area contributed by atoms with Crippen LogP contribution in [0, 0.1) is 0 Å². The van der Waals surface area contributed by atoms with Gasteiger partial charge in [0.2, 0.25) is 0 Å². The summed E-state index contributed by atoms with van der Waals surface area (Å²) in [5, 5.41) is 0. The number of anilines is 3. The van der Waals surface area contributed by atoms with Crippen LogP contribution in [0.1, 0.15) is 22.3 Å². The highest BCUT2D eigenvalue weighted by Crippen LogP contribution is 2.55. The summed E-state index contributed by atoms with van der Waals surface area (Å²) in [6.07, 6.45) is 0. The molecule has 0 saturated heterocycles. The Morgan fingerprint density at radius 2 is 0.625 bits per heavy atom. The van der Waals surface area contributed by atoms with Crippen molar-refractivity contribution < 1.29 is 0 Å². The maximum absolute atomic E-state index is 2.42. The Morgan fingerprint density at radius 3 is 1.11 bits per heavy atom. The summed E-state index contributed by atoms with van der Waals surface area (Å²) in [5.74, 6) is 0. The summed E-state index contributed by atoms with van der Waals surface area (Å²) in [5.41, 5.74) is 17.4. The minimum atomic E-state index is -0.622. The minimum absolute atomic E-state index is 0.622. The van der Waals surface area contributed by atoms with Crippen LogP contribution >= 0.6 is 0 Å². The van der Waals surface area contributed by atoms with Gasteiger partial charge in [-0.05, 0) is 103 Å². The van der Waals surface area contributed by atoms with Gasteiger partial charge in [-0.1, -0.05) is 200 Å². The van der Waals surface area contributed by atoms with E-state index in [4.69, 9.17) is 0 Å². The zero-order chi connectivity index (χ0) is 37.3. The lowest BCUT2D eigenvalue weighted by Gasteiger charge is -2.39. The van der Waals surface area contributed by atoms with E-state index in [0.29, 0.717) is 0 Å². The Morgan fingerprint density at radius 1 is 0.250 bits per heavy atom. The van der Waals surface area contributed by atoms with Gasteiger partial charge in [-0.15, -0.1) is 0 Å². The molecule has 56 heavy (non-hydrogen) atoms. The first kappa shape index (κ1) is 33.4. The van der Waals surface area contributed by atoms with E-state index in [0.717, 1.165) is 17.1 Å². The van der Waals surface area contributed by atoms with E-state index < -0.39 is 5.41 Å². The van der Waals surface area contributed by atoms with Gasteiger partial charge in [-0.2, -0.15) is 0 Å². The van der Waals surface area contributed by atoms with Crippen molar-refractivity contribution in [2.75, 3.05) is 4.90 Å². The fourth-order valence-corrected chi connectivity index (χ4v) is 8.86. The summed E-state index contributed by atoms with van der Waals surface area (Å²) in [7, 11) is 0. The molecule has 0 saturated carbocycles. The van der Waals surface area contributed by atoms with Crippen LogP contribution in [0.2, 0.25) is 0 Å². The van der Waals surface area contributed by atoms with Gasteiger partial charge in [0.15, 0.2) is 0 Å². The molecule has 0 atom stereocenters. The second-order valence-electron chi connectivity index (χ2n) is 14.5. The lowest BCUT2D eigenvalue weighted by molar-refractivity contribution is 0.751. The molecule has 0 bridgehead atoms. The first-order valence-corrected chi connectivity index (χ1v) is 19.3. The topological polar surface area (TPSA) is 3.24 Å². The Labute approximate surface area is 329 Å². The molecule has 1 aliphatic carbocycles. The van der Waals surface area contributed by atoms with Crippen molar-refractivity contribution in [1.82, 2.24) is 0 Å². The molecule has 9 aromatic rings. The zero-order valence-electron chi connectivity index (χ0n) is 31.0. The van der Waals surface area contributed by atoms with E-state index in [1.807, 2.05) is 0 Å². The van der Waals surface area contributed by atoms with Gasteiger partial charge in [-0.25, -0.2) is 0 Å². The lowest BCUT2D eigenvalue weighted by Crippen LogP contribution is -2.32. The highest BCUT2D eigenvalue weighted by atomic mass is 15.1. The summed E-state index contributed by atoms with van der Waals surface area (Å²) in [4.78, 5) is 2.40.